The highest BCUT2D eigenvalue weighted by Gasteiger charge is 2.30. The van der Waals surface area contributed by atoms with Crippen LogP contribution in [0, 0.1) is 0 Å². The molecule has 26 heavy (non-hydrogen) atoms. The summed E-state index contributed by atoms with van der Waals surface area (Å²) in [5, 5.41) is 12.6. The lowest BCUT2D eigenvalue weighted by Gasteiger charge is -2.37. The molecule has 0 spiro atoms. The molecule has 1 aliphatic carbocycles. The van der Waals surface area contributed by atoms with E-state index in [1.54, 1.807) is 12.1 Å². The van der Waals surface area contributed by atoms with E-state index in [0.717, 1.165) is 31.8 Å². The molecule has 4 rings (SSSR count). The zero-order valence-electron chi connectivity index (χ0n) is 15.3. The number of tetrazole rings is 1. The monoisotopic (exact) mass is 358 g/mol. The number of amides is 1. The lowest BCUT2D eigenvalue weighted by Crippen LogP contribution is -2.49. The van der Waals surface area contributed by atoms with Crippen LogP contribution in [0.3, 0.4) is 0 Å². The summed E-state index contributed by atoms with van der Waals surface area (Å²) in [6.07, 6.45) is 7.69. The van der Waals surface area contributed by atoms with Crippen LogP contribution in [0.2, 0.25) is 0 Å². The molecule has 8 heteroatoms. The number of hydrogen-bond acceptors (Lipinski definition) is 6. The molecule has 1 aliphatic heterocycles. The topological polar surface area (TPSA) is 80.3 Å². The molecule has 2 aliphatic rings. The molecule has 0 bridgehead atoms. The molecular weight excluding hydrogens is 332 g/mol. The molecule has 8 nitrogen and oxygen atoms in total. The molecule has 140 valence electrons. The van der Waals surface area contributed by atoms with Gasteiger partial charge in [-0.25, -0.2) is 4.68 Å². The van der Waals surface area contributed by atoms with Gasteiger partial charge in [0.25, 0.3) is 5.91 Å². The van der Waals surface area contributed by atoms with E-state index in [9.17, 15) is 4.79 Å². The maximum atomic E-state index is 12.4. The van der Waals surface area contributed by atoms with E-state index in [4.69, 9.17) is 4.42 Å². The molecular formula is C18H26N6O2. The van der Waals surface area contributed by atoms with Crippen LogP contribution in [0.1, 0.15) is 67.5 Å². The molecule has 0 aromatic carbocycles. The van der Waals surface area contributed by atoms with E-state index in [1.807, 2.05) is 9.58 Å². The molecule has 2 fully saturated rings. The highest BCUT2D eigenvalue weighted by atomic mass is 16.3. The van der Waals surface area contributed by atoms with Gasteiger partial charge in [-0.15, -0.1) is 5.10 Å². The second-order valence-corrected chi connectivity index (χ2v) is 7.25. The third-order valence-corrected chi connectivity index (χ3v) is 5.69. The first-order valence-electron chi connectivity index (χ1n) is 9.58. The number of carbonyl (C=O) groups is 1. The Labute approximate surface area is 153 Å². The Morgan fingerprint density at radius 3 is 2.65 bits per heavy atom. The van der Waals surface area contributed by atoms with Crippen LogP contribution in [0.25, 0.3) is 0 Å². The van der Waals surface area contributed by atoms with Crippen molar-refractivity contribution in [3.05, 3.63) is 30.0 Å². The summed E-state index contributed by atoms with van der Waals surface area (Å²) in [5.74, 6) is 1.32. The quantitative estimate of drug-likeness (QED) is 0.834. The Morgan fingerprint density at radius 1 is 1.19 bits per heavy atom. The van der Waals surface area contributed by atoms with Crippen molar-refractivity contribution in [1.82, 2.24) is 30.0 Å². The van der Waals surface area contributed by atoms with Gasteiger partial charge in [-0.2, -0.15) is 0 Å². The van der Waals surface area contributed by atoms with Crippen LogP contribution < -0.4 is 0 Å². The van der Waals surface area contributed by atoms with Crippen molar-refractivity contribution in [3.8, 4) is 0 Å². The second kappa shape index (κ2) is 7.57. The minimum absolute atomic E-state index is 0.0330. The number of furan rings is 1. The van der Waals surface area contributed by atoms with Crippen LogP contribution in [-0.2, 0) is 0 Å². The van der Waals surface area contributed by atoms with E-state index in [2.05, 4.69) is 27.3 Å². The zero-order chi connectivity index (χ0) is 17.9. The molecule has 3 heterocycles. The number of piperazine rings is 1. The molecule has 1 atom stereocenters. The fourth-order valence-corrected chi connectivity index (χ4v) is 4.09. The Kier molecular flexibility index (Phi) is 5.01. The van der Waals surface area contributed by atoms with Crippen molar-refractivity contribution in [2.75, 3.05) is 26.2 Å². The molecule has 1 amide bonds. The predicted molar refractivity (Wildman–Crippen MR) is 94.5 cm³/mol. The van der Waals surface area contributed by atoms with Gasteiger partial charge in [0, 0.05) is 26.2 Å². The van der Waals surface area contributed by atoms with Crippen molar-refractivity contribution >= 4 is 5.91 Å². The third kappa shape index (κ3) is 3.38. The van der Waals surface area contributed by atoms with Gasteiger partial charge in [-0.05, 0) is 42.3 Å². The fourth-order valence-electron chi connectivity index (χ4n) is 4.09. The molecule has 1 saturated heterocycles. The maximum Gasteiger partial charge on any atom is 0.289 e. The van der Waals surface area contributed by atoms with Crippen LogP contribution >= 0.6 is 0 Å². The summed E-state index contributed by atoms with van der Waals surface area (Å²) in [6, 6.07) is 4.04. The zero-order valence-corrected chi connectivity index (χ0v) is 15.3. The number of rotatable bonds is 4. The summed E-state index contributed by atoms with van der Waals surface area (Å²) in [6.45, 7) is 5.16. The Morgan fingerprint density at radius 2 is 1.96 bits per heavy atom. The van der Waals surface area contributed by atoms with E-state index < -0.39 is 0 Å². The smallest absolute Gasteiger partial charge is 0.289 e. The Hall–Kier alpha value is -2.22. The molecule has 0 N–H and O–H groups in total. The number of aromatic nitrogens is 4. The summed E-state index contributed by atoms with van der Waals surface area (Å²) >= 11 is 0. The van der Waals surface area contributed by atoms with Crippen LogP contribution in [0.15, 0.2) is 22.8 Å². The van der Waals surface area contributed by atoms with Gasteiger partial charge in [0.2, 0.25) is 0 Å². The van der Waals surface area contributed by atoms with E-state index in [1.165, 1.54) is 25.5 Å². The largest absolute Gasteiger partial charge is 0.459 e. The first-order chi connectivity index (χ1) is 12.7. The van der Waals surface area contributed by atoms with Crippen molar-refractivity contribution in [1.29, 1.82) is 0 Å². The lowest BCUT2D eigenvalue weighted by molar-refractivity contribution is 0.0540. The number of carbonyl (C=O) groups excluding carboxylic acids is 1. The predicted octanol–water partition coefficient (Wildman–Crippen LogP) is 2.29. The van der Waals surface area contributed by atoms with Crippen LogP contribution in [0.5, 0.6) is 0 Å². The van der Waals surface area contributed by atoms with E-state index in [0.29, 0.717) is 24.9 Å². The van der Waals surface area contributed by atoms with Crippen molar-refractivity contribution < 1.29 is 9.21 Å². The molecule has 1 unspecified atom stereocenters. The van der Waals surface area contributed by atoms with Crippen molar-refractivity contribution in [3.63, 3.8) is 0 Å². The maximum absolute atomic E-state index is 12.4. The normalized spacial score (nSPS) is 21.0. The number of hydrogen-bond donors (Lipinski definition) is 0. The van der Waals surface area contributed by atoms with Gasteiger partial charge < -0.3 is 9.32 Å². The van der Waals surface area contributed by atoms with Gasteiger partial charge in [-0.1, -0.05) is 19.3 Å². The average molecular weight is 358 g/mol. The molecule has 1 saturated carbocycles. The van der Waals surface area contributed by atoms with Gasteiger partial charge in [0.1, 0.15) is 0 Å². The fraction of sp³-hybridized carbons (Fsp3) is 0.667. The average Bonchev–Trinajstić information content (AvgIpc) is 3.39. The summed E-state index contributed by atoms with van der Waals surface area (Å²) in [4.78, 5) is 16.6. The lowest BCUT2D eigenvalue weighted by atomic mass is 9.95. The SMILES string of the molecule is CC(c1nnnn1C1CCCCC1)N1CCN(C(=O)c2ccco2)CC1. The minimum Gasteiger partial charge on any atom is -0.459 e. The van der Waals surface area contributed by atoms with E-state index in [-0.39, 0.29) is 11.9 Å². The number of nitrogens with zero attached hydrogens (tertiary/aromatic N) is 6. The molecule has 0 radical (unpaired) electrons. The standard InChI is InChI=1S/C18H26N6O2/c1-14(17-19-20-21-24(17)15-6-3-2-4-7-15)22-9-11-23(12-10-22)18(25)16-8-5-13-26-16/h5,8,13-15H,2-4,6-7,9-12H2,1H3. The Bertz CT molecular complexity index is 714. The second-order valence-electron chi connectivity index (χ2n) is 7.25. The van der Waals surface area contributed by atoms with Gasteiger partial charge >= 0.3 is 0 Å². The van der Waals surface area contributed by atoms with Crippen LogP contribution in [-0.4, -0.2) is 62.1 Å². The minimum atomic E-state index is -0.0330. The van der Waals surface area contributed by atoms with Gasteiger partial charge in [-0.3, -0.25) is 9.69 Å². The van der Waals surface area contributed by atoms with Gasteiger partial charge in [0.15, 0.2) is 11.6 Å². The van der Waals surface area contributed by atoms with Crippen molar-refractivity contribution in [2.24, 2.45) is 0 Å². The summed E-state index contributed by atoms with van der Waals surface area (Å²) in [7, 11) is 0. The first-order valence-corrected chi connectivity index (χ1v) is 9.58. The third-order valence-electron chi connectivity index (χ3n) is 5.69. The van der Waals surface area contributed by atoms with E-state index >= 15 is 0 Å². The summed E-state index contributed by atoms with van der Waals surface area (Å²) in [5.41, 5.74) is 0. The van der Waals surface area contributed by atoms with Crippen molar-refractivity contribution in [2.45, 2.75) is 51.1 Å². The molecule has 2 aromatic heterocycles. The Balaban J connectivity index is 1.39. The highest BCUT2D eigenvalue weighted by molar-refractivity contribution is 5.91. The summed E-state index contributed by atoms with van der Waals surface area (Å²) < 4.78 is 7.28. The molecule has 2 aromatic rings. The highest BCUT2D eigenvalue weighted by Crippen LogP contribution is 2.30. The van der Waals surface area contributed by atoms with Gasteiger partial charge in [0.05, 0.1) is 18.3 Å². The van der Waals surface area contributed by atoms with Crippen LogP contribution in [0.4, 0.5) is 0 Å². The first kappa shape index (κ1) is 17.2.